The van der Waals surface area contributed by atoms with Gasteiger partial charge in [-0.05, 0) is 40.9 Å². The lowest BCUT2D eigenvalue weighted by molar-refractivity contribution is -0.153. The quantitative estimate of drug-likeness (QED) is 0.863. The number of hydrogen-bond acceptors (Lipinski definition) is 3. The van der Waals surface area contributed by atoms with Crippen LogP contribution < -0.4 is 4.74 Å². The third-order valence-corrected chi connectivity index (χ3v) is 3.17. The summed E-state index contributed by atoms with van der Waals surface area (Å²) in [7, 11) is 0. The lowest BCUT2D eigenvalue weighted by atomic mass is 10.2. The zero-order chi connectivity index (χ0) is 13.6. The van der Waals surface area contributed by atoms with Gasteiger partial charge < -0.3 is 4.74 Å². The van der Waals surface area contributed by atoms with Gasteiger partial charge in [-0.15, -0.1) is 5.10 Å². The van der Waals surface area contributed by atoms with E-state index in [0.29, 0.717) is 16.3 Å². The number of fused-ring (bicyclic) bond motifs is 1. The Kier molecular flexibility index (Phi) is 2.92. The van der Waals surface area contributed by atoms with Crippen molar-refractivity contribution in [3.63, 3.8) is 0 Å². The number of rotatable bonds is 3. The second-order valence-corrected chi connectivity index (χ2v) is 5.13. The predicted molar refractivity (Wildman–Crippen MR) is 64.2 cm³/mol. The Morgan fingerprint density at radius 2 is 2.11 bits per heavy atom. The van der Waals surface area contributed by atoms with Gasteiger partial charge in [-0.25, -0.2) is 4.52 Å². The molecular weight excluding hydrogens is 327 g/mol. The summed E-state index contributed by atoms with van der Waals surface area (Å²) in [6.07, 6.45) is -2.24. The minimum atomic E-state index is -4.37. The summed E-state index contributed by atoms with van der Waals surface area (Å²) in [6, 6.07) is 3.27. The van der Waals surface area contributed by atoms with Crippen LogP contribution in [0.25, 0.3) is 5.65 Å². The maximum Gasteiger partial charge on any atom is 0.422 e. The highest BCUT2D eigenvalue weighted by Gasteiger charge is 2.30. The molecule has 0 spiro atoms. The number of ether oxygens (including phenoxy) is 1. The number of hydrogen-bond donors (Lipinski definition) is 0. The van der Waals surface area contributed by atoms with E-state index in [-0.39, 0.29) is 5.75 Å². The molecule has 19 heavy (non-hydrogen) atoms. The normalized spacial score (nSPS) is 16.0. The minimum absolute atomic E-state index is 0.0833. The molecule has 1 aliphatic rings. The van der Waals surface area contributed by atoms with Crippen molar-refractivity contribution in [2.45, 2.75) is 24.9 Å². The fourth-order valence-electron chi connectivity index (χ4n) is 1.89. The van der Waals surface area contributed by atoms with Crippen LogP contribution in [-0.4, -0.2) is 27.4 Å². The fourth-order valence-corrected chi connectivity index (χ4v) is 2.22. The summed E-state index contributed by atoms with van der Waals surface area (Å²) in [5, 5.41) is 4.14. The Morgan fingerprint density at radius 3 is 2.74 bits per heavy atom. The number of halogens is 4. The minimum Gasteiger partial charge on any atom is -0.480 e. The number of alkyl halides is 3. The summed E-state index contributed by atoms with van der Waals surface area (Å²) in [5.41, 5.74) is 1.26. The molecule has 1 aliphatic carbocycles. The molecule has 0 unspecified atom stereocenters. The molecule has 2 heterocycles. The number of aromatic nitrogens is 3. The van der Waals surface area contributed by atoms with Gasteiger partial charge in [0.15, 0.2) is 18.0 Å². The maximum absolute atomic E-state index is 12.2. The van der Waals surface area contributed by atoms with E-state index in [9.17, 15) is 13.2 Å². The lowest BCUT2D eigenvalue weighted by Crippen LogP contribution is -2.19. The Hall–Kier alpha value is -1.31. The molecule has 0 saturated heterocycles. The van der Waals surface area contributed by atoms with Crippen molar-refractivity contribution in [3.8, 4) is 5.75 Å². The molecule has 0 N–H and O–H groups in total. The predicted octanol–water partition coefficient (Wildman–Crippen LogP) is 3.31. The molecule has 0 radical (unpaired) electrons. The van der Waals surface area contributed by atoms with E-state index in [2.05, 4.69) is 26.0 Å². The van der Waals surface area contributed by atoms with Crippen molar-refractivity contribution in [2.24, 2.45) is 0 Å². The molecule has 0 aromatic carbocycles. The molecule has 2 aromatic rings. The first-order valence-corrected chi connectivity index (χ1v) is 6.48. The highest BCUT2D eigenvalue weighted by Crippen LogP contribution is 2.41. The van der Waals surface area contributed by atoms with Gasteiger partial charge in [0.1, 0.15) is 0 Å². The molecule has 8 heteroatoms. The van der Waals surface area contributed by atoms with Gasteiger partial charge in [0, 0.05) is 11.6 Å². The van der Waals surface area contributed by atoms with E-state index in [1.54, 1.807) is 10.6 Å². The van der Waals surface area contributed by atoms with Crippen LogP contribution >= 0.6 is 15.9 Å². The highest BCUT2D eigenvalue weighted by atomic mass is 79.9. The van der Waals surface area contributed by atoms with E-state index < -0.39 is 12.8 Å². The molecule has 0 bridgehead atoms. The summed E-state index contributed by atoms with van der Waals surface area (Å²) in [4.78, 5) is 4.06. The molecular formula is C11H9BrF3N3O. The first-order chi connectivity index (χ1) is 8.94. The molecule has 0 amide bonds. The first kappa shape index (κ1) is 12.7. The van der Waals surface area contributed by atoms with Crippen molar-refractivity contribution in [2.75, 3.05) is 6.61 Å². The third kappa shape index (κ3) is 2.68. The van der Waals surface area contributed by atoms with Crippen molar-refractivity contribution < 1.29 is 17.9 Å². The maximum atomic E-state index is 12.2. The Bertz CT molecular complexity index is 621. The summed E-state index contributed by atoms with van der Waals surface area (Å²) in [6.45, 7) is -1.34. The zero-order valence-electron chi connectivity index (χ0n) is 9.62. The van der Waals surface area contributed by atoms with Crippen LogP contribution in [0.15, 0.2) is 16.9 Å². The highest BCUT2D eigenvalue weighted by molar-refractivity contribution is 9.10. The van der Waals surface area contributed by atoms with Crippen molar-refractivity contribution in [3.05, 3.63) is 22.6 Å². The molecule has 2 aromatic heterocycles. The Labute approximate surface area is 114 Å². The van der Waals surface area contributed by atoms with E-state index in [0.717, 1.165) is 18.5 Å². The van der Waals surface area contributed by atoms with Crippen LogP contribution in [0.3, 0.4) is 0 Å². The van der Waals surface area contributed by atoms with Crippen molar-refractivity contribution >= 4 is 21.6 Å². The lowest BCUT2D eigenvalue weighted by Gasteiger charge is -2.11. The molecule has 3 rings (SSSR count). The molecule has 0 atom stereocenters. The van der Waals surface area contributed by atoms with Gasteiger partial charge in [-0.2, -0.15) is 18.2 Å². The average Bonchev–Trinajstić information content (AvgIpc) is 3.06. The average molecular weight is 336 g/mol. The Balaban J connectivity index is 1.99. The van der Waals surface area contributed by atoms with Crippen LogP contribution in [0.1, 0.15) is 24.5 Å². The fraction of sp³-hybridized carbons (Fsp3) is 0.455. The topological polar surface area (TPSA) is 39.4 Å². The van der Waals surface area contributed by atoms with Crippen molar-refractivity contribution in [1.29, 1.82) is 0 Å². The SMILES string of the molecule is FC(F)(F)COc1ccc(C2CC2)n2nc(Br)nc12. The second-order valence-electron chi connectivity index (χ2n) is 4.42. The van der Waals surface area contributed by atoms with Gasteiger partial charge in [-0.3, -0.25) is 0 Å². The van der Waals surface area contributed by atoms with Gasteiger partial charge in [0.2, 0.25) is 4.73 Å². The van der Waals surface area contributed by atoms with Crippen LogP contribution in [0, 0.1) is 0 Å². The summed E-state index contributed by atoms with van der Waals surface area (Å²) >= 11 is 3.13. The summed E-state index contributed by atoms with van der Waals surface area (Å²) in [5.74, 6) is 0.493. The van der Waals surface area contributed by atoms with Crippen LogP contribution in [0.2, 0.25) is 0 Å². The summed E-state index contributed by atoms with van der Waals surface area (Å²) < 4.78 is 43.2. The molecule has 4 nitrogen and oxygen atoms in total. The second kappa shape index (κ2) is 4.36. The Morgan fingerprint density at radius 1 is 1.37 bits per heavy atom. The van der Waals surface area contributed by atoms with E-state index in [1.165, 1.54) is 6.07 Å². The van der Waals surface area contributed by atoms with Gasteiger partial charge in [-0.1, -0.05) is 0 Å². The van der Waals surface area contributed by atoms with Crippen LogP contribution in [-0.2, 0) is 0 Å². The van der Waals surface area contributed by atoms with Gasteiger partial charge in [0.25, 0.3) is 0 Å². The van der Waals surface area contributed by atoms with Gasteiger partial charge >= 0.3 is 6.18 Å². The van der Waals surface area contributed by atoms with E-state index in [4.69, 9.17) is 4.74 Å². The monoisotopic (exact) mass is 335 g/mol. The van der Waals surface area contributed by atoms with Gasteiger partial charge in [0.05, 0.1) is 0 Å². The van der Waals surface area contributed by atoms with E-state index in [1.807, 2.05) is 0 Å². The molecule has 0 aliphatic heterocycles. The van der Waals surface area contributed by atoms with E-state index >= 15 is 0 Å². The zero-order valence-corrected chi connectivity index (χ0v) is 11.2. The molecule has 1 saturated carbocycles. The largest absolute Gasteiger partial charge is 0.480 e. The third-order valence-electron chi connectivity index (χ3n) is 2.84. The van der Waals surface area contributed by atoms with Crippen LogP contribution in [0.4, 0.5) is 13.2 Å². The molecule has 102 valence electrons. The number of nitrogens with zero attached hydrogens (tertiary/aromatic N) is 3. The first-order valence-electron chi connectivity index (χ1n) is 5.69. The number of pyridine rings is 1. The van der Waals surface area contributed by atoms with Crippen molar-refractivity contribution in [1.82, 2.24) is 14.6 Å². The molecule has 1 fully saturated rings. The van der Waals surface area contributed by atoms with Crippen LogP contribution in [0.5, 0.6) is 5.75 Å². The smallest absolute Gasteiger partial charge is 0.422 e. The standard InChI is InChI=1S/C11H9BrF3N3O/c12-10-16-9-8(19-5-11(13,14)15)4-3-7(6-1-2-6)18(9)17-10/h3-4,6H,1-2,5H2.